The summed E-state index contributed by atoms with van der Waals surface area (Å²) in [4.78, 5) is 8.55. The Labute approximate surface area is 148 Å². The Bertz CT molecular complexity index is 859. The predicted molar refractivity (Wildman–Crippen MR) is 95.9 cm³/mol. The number of nitrogens with one attached hydrogen (secondary N) is 2. The molecule has 0 atom stereocenters. The summed E-state index contributed by atoms with van der Waals surface area (Å²) >= 11 is 5.96. The number of benzene rings is 2. The molecule has 7 heteroatoms. The minimum absolute atomic E-state index is 0.0978. The van der Waals surface area contributed by atoms with Crippen LogP contribution in [0.3, 0.4) is 0 Å². The van der Waals surface area contributed by atoms with E-state index in [-0.39, 0.29) is 11.6 Å². The lowest BCUT2D eigenvalue weighted by molar-refractivity contribution is 0.586. The molecule has 0 aliphatic heterocycles. The molecular formula is C18H15ClF2N4. The van der Waals surface area contributed by atoms with Crippen molar-refractivity contribution in [1.82, 2.24) is 9.97 Å². The van der Waals surface area contributed by atoms with E-state index < -0.39 is 11.6 Å². The van der Waals surface area contributed by atoms with Gasteiger partial charge in [-0.05, 0) is 49.7 Å². The third-order valence-corrected chi connectivity index (χ3v) is 3.72. The summed E-state index contributed by atoms with van der Waals surface area (Å²) < 4.78 is 26.8. The Morgan fingerprint density at radius 3 is 2.36 bits per heavy atom. The van der Waals surface area contributed by atoms with Crippen LogP contribution in [-0.2, 0) is 0 Å². The number of rotatable bonds is 4. The first kappa shape index (κ1) is 17.1. The summed E-state index contributed by atoms with van der Waals surface area (Å²) in [6, 6.07) is 10.5. The third-order valence-electron chi connectivity index (χ3n) is 3.48. The molecule has 0 radical (unpaired) electrons. The van der Waals surface area contributed by atoms with Crippen molar-refractivity contribution < 1.29 is 8.78 Å². The number of nitrogens with zero attached hydrogens (tertiary/aromatic N) is 2. The number of hydrogen-bond donors (Lipinski definition) is 2. The summed E-state index contributed by atoms with van der Waals surface area (Å²) in [7, 11) is 0. The maximum absolute atomic E-state index is 13.8. The summed E-state index contributed by atoms with van der Waals surface area (Å²) in [6.07, 6.45) is 0. The van der Waals surface area contributed by atoms with Gasteiger partial charge in [0.1, 0.15) is 17.5 Å². The molecule has 0 saturated carbocycles. The zero-order chi connectivity index (χ0) is 18.0. The summed E-state index contributed by atoms with van der Waals surface area (Å²) in [5.74, 6) is -0.607. The Hall–Kier alpha value is -2.73. The Balaban J connectivity index is 1.87. The minimum atomic E-state index is -0.715. The van der Waals surface area contributed by atoms with Gasteiger partial charge in [-0.3, -0.25) is 0 Å². The maximum Gasteiger partial charge on any atom is 0.229 e. The molecule has 0 aliphatic carbocycles. The lowest BCUT2D eigenvalue weighted by atomic mass is 10.2. The van der Waals surface area contributed by atoms with Crippen LogP contribution in [-0.4, -0.2) is 9.97 Å². The first-order valence-electron chi connectivity index (χ1n) is 7.51. The standard InChI is InChI=1S/C18H15ClF2N4/c1-10-7-12(19)3-5-15(10)23-17-8-11(2)22-18(25-17)24-16-6-4-13(20)9-14(16)21/h3-9H,1-2H3,(H2,22,23,24,25). The van der Waals surface area contributed by atoms with E-state index in [4.69, 9.17) is 11.6 Å². The lowest BCUT2D eigenvalue weighted by Crippen LogP contribution is -2.04. The molecule has 4 nitrogen and oxygen atoms in total. The fourth-order valence-electron chi connectivity index (χ4n) is 2.31. The molecule has 0 bridgehead atoms. The van der Waals surface area contributed by atoms with Crippen molar-refractivity contribution in [3.8, 4) is 0 Å². The van der Waals surface area contributed by atoms with Gasteiger partial charge in [-0.2, -0.15) is 4.98 Å². The fraction of sp³-hybridized carbons (Fsp3) is 0.111. The van der Waals surface area contributed by atoms with Crippen molar-refractivity contribution in [2.24, 2.45) is 0 Å². The topological polar surface area (TPSA) is 49.8 Å². The first-order valence-corrected chi connectivity index (χ1v) is 7.89. The van der Waals surface area contributed by atoms with Crippen molar-refractivity contribution >= 4 is 34.7 Å². The van der Waals surface area contributed by atoms with Gasteiger partial charge in [0.15, 0.2) is 0 Å². The van der Waals surface area contributed by atoms with Crippen molar-refractivity contribution in [1.29, 1.82) is 0 Å². The van der Waals surface area contributed by atoms with Crippen LogP contribution in [0.4, 0.5) is 31.9 Å². The highest BCUT2D eigenvalue weighted by atomic mass is 35.5. The number of aryl methyl sites for hydroxylation is 2. The molecule has 0 amide bonds. The molecule has 1 aromatic heterocycles. The highest BCUT2D eigenvalue weighted by Gasteiger charge is 2.08. The number of halogens is 3. The largest absolute Gasteiger partial charge is 0.340 e. The van der Waals surface area contributed by atoms with Crippen molar-refractivity contribution in [2.75, 3.05) is 10.6 Å². The second kappa shape index (κ2) is 7.03. The summed E-state index contributed by atoms with van der Waals surface area (Å²) in [6.45, 7) is 3.73. The van der Waals surface area contributed by atoms with Gasteiger partial charge < -0.3 is 10.6 Å². The van der Waals surface area contributed by atoms with Gasteiger partial charge in [0.05, 0.1) is 5.69 Å². The van der Waals surface area contributed by atoms with E-state index in [9.17, 15) is 8.78 Å². The SMILES string of the molecule is Cc1cc(Nc2ccc(Cl)cc2C)nc(Nc2ccc(F)cc2F)n1. The molecule has 2 N–H and O–H groups in total. The van der Waals surface area contributed by atoms with Crippen molar-refractivity contribution in [3.05, 3.63) is 70.4 Å². The van der Waals surface area contributed by atoms with Crippen LogP contribution in [0.15, 0.2) is 42.5 Å². The predicted octanol–water partition coefficient (Wildman–Crippen LogP) is 5.51. The van der Waals surface area contributed by atoms with Crippen LogP contribution in [0.25, 0.3) is 0 Å². The highest BCUT2D eigenvalue weighted by Crippen LogP contribution is 2.24. The molecule has 0 aliphatic rings. The fourth-order valence-corrected chi connectivity index (χ4v) is 2.53. The van der Waals surface area contributed by atoms with E-state index in [1.165, 1.54) is 6.07 Å². The molecule has 2 aromatic carbocycles. The lowest BCUT2D eigenvalue weighted by Gasteiger charge is -2.12. The molecule has 0 unspecified atom stereocenters. The minimum Gasteiger partial charge on any atom is -0.340 e. The van der Waals surface area contributed by atoms with E-state index in [1.807, 2.05) is 19.1 Å². The quantitative estimate of drug-likeness (QED) is 0.644. The summed E-state index contributed by atoms with van der Waals surface area (Å²) in [5.41, 5.74) is 2.60. The zero-order valence-corrected chi connectivity index (χ0v) is 14.3. The molecule has 0 spiro atoms. The van der Waals surface area contributed by atoms with Gasteiger partial charge in [-0.1, -0.05) is 11.6 Å². The van der Waals surface area contributed by atoms with Gasteiger partial charge >= 0.3 is 0 Å². The van der Waals surface area contributed by atoms with E-state index in [2.05, 4.69) is 20.6 Å². The van der Waals surface area contributed by atoms with Crippen LogP contribution < -0.4 is 10.6 Å². The number of aromatic nitrogens is 2. The third kappa shape index (κ3) is 4.22. The average molecular weight is 361 g/mol. The Morgan fingerprint density at radius 1 is 0.880 bits per heavy atom. The number of anilines is 4. The molecule has 3 rings (SSSR count). The average Bonchev–Trinajstić information content (AvgIpc) is 2.52. The van der Waals surface area contributed by atoms with E-state index in [0.29, 0.717) is 16.5 Å². The number of hydrogen-bond acceptors (Lipinski definition) is 4. The molecule has 25 heavy (non-hydrogen) atoms. The van der Waals surface area contributed by atoms with Crippen LogP contribution >= 0.6 is 11.6 Å². The zero-order valence-electron chi connectivity index (χ0n) is 13.6. The normalized spacial score (nSPS) is 10.6. The van der Waals surface area contributed by atoms with Crippen LogP contribution in [0, 0.1) is 25.5 Å². The summed E-state index contributed by atoms with van der Waals surface area (Å²) in [5, 5.41) is 6.60. The highest BCUT2D eigenvalue weighted by molar-refractivity contribution is 6.30. The molecule has 3 aromatic rings. The van der Waals surface area contributed by atoms with Crippen molar-refractivity contribution in [2.45, 2.75) is 13.8 Å². The Kier molecular flexibility index (Phi) is 4.81. The van der Waals surface area contributed by atoms with E-state index in [1.54, 1.807) is 19.1 Å². The van der Waals surface area contributed by atoms with Gasteiger partial charge in [-0.25, -0.2) is 13.8 Å². The van der Waals surface area contributed by atoms with Gasteiger partial charge in [0.2, 0.25) is 5.95 Å². The van der Waals surface area contributed by atoms with Crippen LogP contribution in [0.2, 0.25) is 5.02 Å². The van der Waals surface area contributed by atoms with Gasteiger partial charge in [0, 0.05) is 28.5 Å². The first-order chi connectivity index (χ1) is 11.9. The molecule has 1 heterocycles. The van der Waals surface area contributed by atoms with Crippen LogP contribution in [0.1, 0.15) is 11.3 Å². The second-order valence-electron chi connectivity index (χ2n) is 5.55. The maximum atomic E-state index is 13.8. The molecule has 0 fully saturated rings. The smallest absolute Gasteiger partial charge is 0.229 e. The van der Waals surface area contributed by atoms with Crippen molar-refractivity contribution in [3.63, 3.8) is 0 Å². The second-order valence-corrected chi connectivity index (χ2v) is 5.99. The molecule has 0 saturated heterocycles. The van der Waals surface area contributed by atoms with E-state index >= 15 is 0 Å². The van der Waals surface area contributed by atoms with E-state index in [0.717, 1.165) is 23.4 Å². The van der Waals surface area contributed by atoms with Gasteiger partial charge in [0.25, 0.3) is 0 Å². The Morgan fingerprint density at radius 2 is 1.64 bits per heavy atom. The van der Waals surface area contributed by atoms with Gasteiger partial charge in [-0.15, -0.1) is 0 Å². The monoisotopic (exact) mass is 360 g/mol. The molecular weight excluding hydrogens is 346 g/mol. The van der Waals surface area contributed by atoms with Crippen LogP contribution in [0.5, 0.6) is 0 Å². The molecule has 128 valence electrons.